The zero-order chi connectivity index (χ0) is 7.98. The largest absolute Gasteiger partial charge is 0.465 e. The van der Waals surface area contributed by atoms with Gasteiger partial charge in [0, 0.05) is 6.54 Å². The maximum absolute atomic E-state index is 9.88. The number of amides is 1. The molecule has 4 heteroatoms. The van der Waals surface area contributed by atoms with Crippen LogP contribution in [0.15, 0.2) is 0 Å². The molecule has 4 nitrogen and oxygen atoms in total. The standard InChI is InChI=1S/C6H13NO3/c1-5(2)10-4-3-7-6(8)9/h5,7H,3-4H2,1-2H3,(H,8,9). The summed E-state index contributed by atoms with van der Waals surface area (Å²) >= 11 is 0. The lowest BCUT2D eigenvalue weighted by Crippen LogP contribution is -2.26. The highest BCUT2D eigenvalue weighted by Crippen LogP contribution is 1.84. The minimum atomic E-state index is -1.01. The van der Waals surface area contributed by atoms with Crippen molar-refractivity contribution < 1.29 is 14.6 Å². The van der Waals surface area contributed by atoms with Gasteiger partial charge < -0.3 is 15.2 Å². The van der Waals surface area contributed by atoms with Crippen molar-refractivity contribution in [3.05, 3.63) is 0 Å². The molecule has 0 radical (unpaired) electrons. The van der Waals surface area contributed by atoms with Crippen molar-refractivity contribution in [2.24, 2.45) is 0 Å². The summed E-state index contributed by atoms with van der Waals surface area (Å²) < 4.78 is 5.07. The molecular weight excluding hydrogens is 134 g/mol. The molecule has 0 atom stereocenters. The van der Waals surface area contributed by atoms with Crippen molar-refractivity contribution in [3.63, 3.8) is 0 Å². The van der Waals surface area contributed by atoms with Crippen LogP contribution < -0.4 is 5.32 Å². The van der Waals surface area contributed by atoms with Crippen LogP contribution >= 0.6 is 0 Å². The molecule has 0 aliphatic carbocycles. The Hall–Kier alpha value is -0.770. The summed E-state index contributed by atoms with van der Waals surface area (Å²) in [6, 6.07) is 0. The fourth-order valence-corrected chi connectivity index (χ4v) is 0.453. The molecule has 0 rings (SSSR count). The summed E-state index contributed by atoms with van der Waals surface area (Å²) in [4.78, 5) is 9.88. The van der Waals surface area contributed by atoms with Crippen molar-refractivity contribution in [1.82, 2.24) is 5.32 Å². The van der Waals surface area contributed by atoms with Crippen molar-refractivity contribution in [3.8, 4) is 0 Å². The molecule has 0 bridgehead atoms. The van der Waals surface area contributed by atoms with Crippen LogP contribution in [0.4, 0.5) is 4.79 Å². The van der Waals surface area contributed by atoms with Gasteiger partial charge in [-0.3, -0.25) is 0 Å². The smallest absolute Gasteiger partial charge is 0.404 e. The molecule has 0 saturated heterocycles. The minimum absolute atomic E-state index is 0.163. The van der Waals surface area contributed by atoms with Gasteiger partial charge >= 0.3 is 6.09 Å². The highest BCUT2D eigenvalue weighted by Gasteiger charge is 1.94. The van der Waals surface area contributed by atoms with E-state index < -0.39 is 6.09 Å². The molecule has 0 heterocycles. The average molecular weight is 147 g/mol. The van der Waals surface area contributed by atoms with Crippen molar-refractivity contribution in [1.29, 1.82) is 0 Å². The molecule has 0 aliphatic heterocycles. The van der Waals surface area contributed by atoms with Crippen LogP contribution in [0.3, 0.4) is 0 Å². The summed E-state index contributed by atoms with van der Waals surface area (Å²) in [6.45, 7) is 4.60. The van der Waals surface area contributed by atoms with Crippen LogP contribution in [-0.2, 0) is 4.74 Å². The van der Waals surface area contributed by atoms with Crippen LogP contribution in [0.1, 0.15) is 13.8 Å². The predicted molar refractivity (Wildman–Crippen MR) is 37.1 cm³/mol. The lowest BCUT2D eigenvalue weighted by Gasteiger charge is -2.05. The molecule has 0 spiro atoms. The molecule has 60 valence electrons. The van der Waals surface area contributed by atoms with Gasteiger partial charge in [-0.1, -0.05) is 0 Å². The maximum atomic E-state index is 9.88. The SMILES string of the molecule is CC(C)OCCNC(=O)O. The average Bonchev–Trinajstić information content (AvgIpc) is 1.79. The fraction of sp³-hybridized carbons (Fsp3) is 0.833. The van der Waals surface area contributed by atoms with E-state index in [1.165, 1.54) is 0 Å². The second-order valence-electron chi connectivity index (χ2n) is 2.15. The topological polar surface area (TPSA) is 58.6 Å². The van der Waals surface area contributed by atoms with E-state index in [9.17, 15) is 4.79 Å². The van der Waals surface area contributed by atoms with E-state index in [0.29, 0.717) is 13.2 Å². The third kappa shape index (κ3) is 7.23. The van der Waals surface area contributed by atoms with E-state index in [2.05, 4.69) is 5.32 Å². The van der Waals surface area contributed by atoms with E-state index in [0.717, 1.165) is 0 Å². The van der Waals surface area contributed by atoms with E-state index in [4.69, 9.17) is 9.84 Å². The Morgan fingerprint density at radius 2 is 2.30 bits per heavy atom. The number of ether oxygens (including phenoxy) is 1. The van der Waals surface area contributed by atoms with Gasteiger partial charge in [0.05, 0.1) is 12.7 Å². The molecular formula is C6H13NO3. The second kappa shape index (κ2) is 5.05. The fourth-order valence-electron chi connectivity index (χ4n) is 0.453. The molecule has 1 amide bonds. The molecule has 0 aliphatic rings. The third-order valence-corrected chi connectivity index (χ3v) is 0.829. The van der Waals surface area contributed by atoms with Gasteiger partial charge in [0.1, 0.15) is 0 Å². The first-order valence-electron chi connectivity index (χ1n) is 3.21. The second-order valence-corrected chi connectivity index (χ2v) is 2.15. The van der Waals surface area contributed by atoms with Gasteiger partial charge in [-0.05, 0) is 13.8 Å². The number of hydrogen-bond acceptors (Lipinski definition) is 2. The maximum Gasteiger partial charge on any atom is 0.404 e. The number of hydrogen-bond donors (Lipinski definition) is 2. The van der Waals surface area contributed by atoms with E-state index in [-0.39, 0.29) is 6.10 Å². The van der Waals surface area contributed by atoms with Crippen molar-refractivity contribution >= 4 is 6.09 Å². The zero-order valence-electron chi connectivity index (χ0n) is 6.26. The molecule has 0 aromatic carbocycles. The van der Waals surface area contributed by atoms with Gasteiger partial charge in [0.2, 0.25) is 0 Å². The molecule has 0 unspecified atom stereocenters. The van der Waals surface area contributed by atoms with Crippen LogP contribution in [0.2, 0.25) is 0 Å². The quantitative estimate of drug-likeness (QED) is 0.575. The van der Waals surface area contributed by atoms with Crippen molar-refractivity contribution in [2.75, 3.05) is 13.2 Å². The van der Waals surface area contributed by atoms with Crippen LogP contribution in [0.25, 0.3) is 0 Å². The van der Waals surface area contributed by atoms with Gasteiger partial charge in [-0.15, -0.1) is 0 Å². The number of carboxylic acid groups (broad SMARTS) is 1. The van der Waals surface area contributed by atoms with E-state index >= 15 is 0 Å². The molecule has 0 aromatic heterocycles. The van der Waals surface area contributed by atoms with E-state index in [1.807, 2.05) is 13.8 Å². The van der Waals surface area contributed by atoms with Gasteiger partial charge in [0.25, 0.3) is 0 Å². The van der Waals surface area contributed by atoms with Gasteiger partial charge in [-0.25, -0.2) is 4.79 Å². The first-order chi connectivity index (χ1) is 4.63. The Kier molecular flexibility index (Phi) is 4.66. The Morgan fingerprint density at radius 1 is 1.70 bits per heavy atom. The Bertz CT molecular complexity index is 103. The lowest BCUT2D eigenvalue weighted by molar-refractivity contribution is 0.0802. The Morgan fingerprint density at radius 3 is 2.70 bits per heavy atom. The summed E-state index contributed by atoms with van der Waals surface area (Å²) in [5, 5.41) is 10.3. The summed E-state index contributed by atoms with van der Waals surface area (Å²) in [5.41, 5.74) is 0. The van der Waals surface area contributed by atoms with Crippen LogP contribution in [0, 0.1) is 0 Å². The van der Waals surface area contributed by atoms with Crippen LogP contribution in [0.5, 0.6) is 0 Å². The number of carbonyl (C=O) groups is 1. The molecule has 2 N–H and O–H groups in total. The first-order valence-corrected chi connectivity index (χ1v) is 3.21. The Labute approximate surface area is 60.2 Å². The molecule has 10 heavy (non-hydrogen) atoms. The molecule has 0 saturated carbocycles. The number of nitrogens with one attached hydrogen (secondary N) is 1. The van der Waals surface area contributed by atoms with Crippen LogP contribution in [-0.4, -0.2) is 30.5 Å². The summed E-state index contributed by atoms with van der Waals surface area (Å²) in [7, 11) is 0. The Balaban J connectivity index is 2.98. The molecule has 0 fully saturated rings. The summed E-state index contributed by atoms with van der Waals surface area (Å²) in [5.74, 6) is 0. The first kappa shape index (κ1) is 9.23. The lowest BCUT2D eigenvalue weighted by atomic mass is 10.5. The number of rotatable bonds is 4. The molecule has 0 aromatic rings. The predicted octanol–water partition coefficient (Wildman–Crippen LogP) is 0.679. The van der Waals surface area contributed by atoms with Crippen molar-refractivity contribution in [2.45, 2.75) is 20.0 Å². The van der Waals surface area contributed by atoms with Gasteiger partial charge in [-0.2, -0.15) is 0 Å². The zero-order valence-corrected chi connectivity index (χ0v) is 6.26. The van der Waals surface area contributed by atoms with E-state index in [1.54, 1.807) is 0 Å². The minimum Gasteiger partial charge on any atom is -0.465 e. The van der Waals surface area contributed by atoms with Gasteiger partial charge in [0.15, 0.2) is 0 Å². The highest BCUT2D eigenvalue weighted by molar-refractivity contribution is 5.64. The summed E-state index contributed by atoms with van der Waals surface area (Å²) in [6.07, 6.45) is -0.844. The highest BCUT2D eigenvalue weighted by atomic mass is 16.5. The normalized spacial score (nSPS) is 9.90. The third-order valence-electron chi connectivity index (χ3n) is 0.829. The monoisotopic (exact) mass is 147 g/mol.